The minimum atomic E-state index is -2.70. The van der Waals surface area contributed by atoms with Crippen LogP contribution in [-0.4, -0.2) is 181 Å². The molecule has 1 aliphatic rings. The maximum Gasteiger partial charge on any atom is 0.272 e. The molecule has 492 valence electrons. The van der Waals surface area contributed by atoms with Gasteiger partial charge < -0.3 is 97.4 Å². The number of carbonyl (C=O) groups excluding carboxylic acids is 11. The molecule has 0 bridgehead atoms. The van der Waals surface area contributed by atoms with Gasteiger partial charge in [0.1, 0.15) is 54.4 Å². The van der Waals surface area contributed by atoms with E-state index in [0.717, 1.165) is 45.4 Å². The van der Waals surface area contributed by atoms with Crippen LogP contribution in [-0.2, 0) is 59.2 Å². The largest absolute Gasteiger partial charge is 0.391 e. The number of hydrogen-bond acceptors (Lipinski definition) is 18. The molecule has 0 radical (unpaired) electrons. The highest BCUT2D eigenvalue weighted by Crippen LogP contribution is 2.13. The lowest BCUT2D eigenvalue weighted by molar-refractivity contribution is -0.148. The predicted molar refractivity (Wildman–Crippen MR) is 325 cm³/mol. The molecule has 1 heterocycles. The Hall–Kier alpha value is -6.89. The van der Waals surface area contributed by atoms with Crippen LogP contribution in [0.5, 0.6) is 0 Å². The second-order valence-corrected chi connectivity index (χ2v) is 22.7. The molecule has 1 aromatic rings. The number of rotatable bonds is 32. The number of carbonyl (C=O) groups is 11. The number of aliphatic hydroxyl groups excluding tert-OH is 1. The summed E-state index contributed by atoms with van der Waals surface area (Å²) in [7, 11) is 0. The van der Waals surface area contributed by atoms with Gasteiger partial charge in [0.05, 0.1) is 6.10 Å². The number of nitrogens with one attached hydrogen (secondary N) is 11. The highest BCUT2D eigenvalue weighted by molar-refractivity contribution is 5.99. The van der Waals surface area contributed by atoms with E-state index in [2.05, 4.69) is 65.4 Å². The molecule has 87 heavy (non-hydrogen) atoms. The van der Waals surface area contributed by atoms with E-state index in [1.807, 2.05) is 0 Å². The topological polar surface area (TPSA) is 491 Å². The van der Waals surface area contributed by atoms with E-state index < -0.39 is 138 Å². The number of benzene rings is 1. The maximum absolute atomic E-state index is 14.5. The first-order valence-corrected chi connectivity index (χ1v) is 30.6. The number of unbranched alkanes of at least 4 members (excludes halogenated alkanes) is 7. The lowest BCUT2D eigenvalue weighted by Gasteiger charge is -2.29. The number of hydrogen-bond donors (Lipinski definition) is 18. The van der Waals surface area contributed by atoms with Gasteiger partial charge in [-0.3, -0.25) is 52.7 Å². The first kappa shape index (κ1) is 76.2. The smallest absolute Gasteiger partial charge is 0.272 e. The summed E-state index contributed by atoms with van der Waals surface area (Å²) in [6, 6.07) is -4.57. The van der Waals surface area contributed by atoms with Crippen LogP contribution in [0.4, 0.5) is 0 Å². The van der Waals surface area contributed by atoms with Crippen molar-refractivity contribution in [2.75, 3.05) is 39.3 Å². The van der Waals surface area contributed by atoms with Crippen molar-refractivity contribution in [3.8, 4) is 0 Å². The van der Waals surface area contributed by atoms with Gasteiger partial charge in [-0.15, -0.1) is 0 Å². The second kappa shape index (κ2) is 41.3. The van der Waals surface area contributed by atoms with E-state index >= 15 is 0 Å². The Bertz CT molecular complexity index is 2350. The first-order chi connectivity index (χ1) is 41.4. The lowest BCUT2D eigenvalue weighted by atomic mass is 10.00. The fraction of sp³-hybridized carbons (Fsp3) is 0.707. The fourth-order valence-corrected chi connectivity index (χ4v) is 9.48. The van der Waals surface area contributed by atoms with Crippen molar-refractivity contribution in [2.24, 2.45) is 34.6 Å². The summed E-state index contributed by atoms with van der Waals surface area (Å²) in [4.78, 5) is 154. The van der Waals surface area contributed by atoms with Gasteiger partial charge in [-0.05, 0) is 122 Å². The third-order valence-corrected chi connectivity index (χ3v) is 14.4. The average molecular weight is 1230 g/mol. The van der Waals surface area contributed by atoms with Gasteiger partial charge in [0.15, 0.2) is 0 Å². The molecule has 11 atom stereocenters. The Balaban J connectivity index is 2.64. The van der Waals surface area contributed by atoms with Crippen molar-refractivity contribution in [3.63, 3.8) is 0 Å². The van der Waals surface area contributed by atoms with Gasteiger partial charge in [-0.1, -0.05) is 89.6 Å². The molecular formula is C58H102N16O13. The van der Waals surface area contributed by atoms with E-state index in [0.29, 0.717) is 31.4 Å². The van der Waals surface area contributed by atoms with Gasteiger partial charge in [0.25, 0.3) is 5.91 Å². The molecule has 1 fully saturated rings. The summed E-state index contributed by atoms with van der Waals surface area (Å²) in [6.07, 6.45) is 5.13. The van der Waals surface area contributed by atoms with Crippen molar-refractivity contribution in [1.29, 1.82) is 0 Å². The van der Waals surface area contributed by atoms with Crippen LogP contribution in [0.15, 0.2) is 30.3 Å². The monoisotopic (exact) mass is 1230 g/mol. The standard InChI is InChI=1S/C58H102N16O13/c1-6-7-8-9-10-11-15-21-46(76)65-38(20-16-17-27-59)52(81)73-47(36(4)75)56(85)70-41(24-30-62)49(78)69-43-26-32-64-57(86)58(5,87)74-55(84)42(25-31-63)68-48(77)39(22-28-60)67-53(82)44(33-35(2)3)71-54(83)45(34-37-18-13-12-14-19-37)72-50(79)40(23-29-61)66-51(43)80/h12-14,18-19,35-36,38-45,47,75,87H,6-11,15-17,20-34,59-63H2,1-5H3,(H,64,86)(H,65,76)(H,66,80)(H,67,82)(H,68,77)(H,69,78)(H,70,85)(H,71,83)(H,72,79)(H,73,81)(H,74,84)/t36-,38+,39+,40+,41+,42+,43+,44+,45-,47+,58+/m1/s1. The van der Waals surface area contributed by atoms with Crippen molar-refractivity contribution >= 4 is 65.0 Å². The second-order valence-electron chi connectivity index (χ2n) is 22.7. The summed E-state index contributed by atoms with van der Waals surface area (Å²) in [5.74, 6) is -10.2. The van der Waals surface area contributed by atoms with Crippen LogP contribution in [0.2, 0.25) is 0 Å². The molecule has 0 saturated carbocycles. The van der Waals surface area contributed by atoms with Crippen molar-refractivity contribution in [3.05, 3.63) is 35.9 Å². The van der Waals surface area contributed by atoms with Crippen LogP contribution in [0.1, 0.15) is 149 Å². The SMILES string of the molecule is CCCCCCCCCC(=O)N[C@@H](CCCCN)C(=O)N[C@H](C(=O)N[C@@H](CCN)C(=O)N[C@H]1CCNC(=O)[C@](C)(O)NC(=O)[C@H](CCN)NC(=O)[C@H](CCN)NC(=O)[C@H](CC(C)C)NC(=O)[C@@H](Cc2ccccc2)NC(=O)[C@H](CCN)NC1=O)[C@@H](C)O. The lowest BCUT2D eigenvalue weighted by Crippen LogP contribution is -2.63. The Labute approximate surface area is 511 Å². The van der Waals surface area contributed by atoms with Crippen LogP contribution in [0.3, 0.4) is 0 Å². The van der Waals surface area contributed by atoms with Crippen molar-refractivity contribution in [1.82, 2.24) is 58.5 Å². The van der Waals surface area contributed by atoms with E-state index in [4.69, 9.17) is 28.7 Å². The number of amides is 11. The summed E-state index contributed by atoms with van der Waals surface area (Å²) >= 11 is 0. The Morgan fingerprint density at radius 1 is 0.586 bits per heavy atom. The van der Waals surface area contributed by atoms with Crippen LogP contribution < -0.4 is 87.2 Å². The Kier molecular flexibility index (Phi) is 36.2. The van der Waals surface area contributed by atoms with Crippen molar-refractivity contribution < 1.29 is 63.0 Å². The molecule has 1 aromatic carbocycles. The van der Waals surface area contributed by atoms with E-state index in [1.165, 1.54) is 6.92 Å². The Morgan fingerprint density at radius 3 is 1.66 bits per heavy atom. The van der Waals surface area contributed by atoms with Gasteiger partial charge in [-0.25, -0.2) is 0 Å². The predicted octanol–water partition coefficient (Wildman–Crippen LogP) is -3.97. The molecule has 0 spiro atoms. The van der Waals surface area contributed by atoms with E-state index in [1.54, 1.807) is 44.2 Å². The van der Waals surface area contributed by atoms with Crippen LogP contribution in [0, 0.1) is 5.92 Å². The number of nitrogens with two attached hydrogens (primary N) is 5. The van der Waals surface area contributed by atoms with Gasteiger partial charge in [-0.2, -0.15) is 0 Å². The van der Waals surface area contributed by atoms with Crippen LogP contribution >= 0.6 is 0 Å². The molecule has 11 amide bonds. The zero-order chi connectivity index (χ0) is 65.1. The van der Waals surface area contributed by atoms with E-state index in [9.17, 15) is 63.0 Å². The minimum absolute atomic E-state index is 0.0408. The molecule has 29 nitrogen and oxygen atoms in total. The molecule has 1 aliphatic heterocycles. The Morgan fingerprint density at radius 2 is 1.10 bits per heavy atom. The maximum atomic E-state index is 14.5. The highest BCUT2D eigenvalue weighted by Gasteiger charge is 2.39. The zero-order valence-electron chi connectivity index (χ0n) is 51.5. The summed E-state index contributed by atoms with van der Waals surface area (Å²) < 4.78 is 0. The molecule has 2 rings (SSSR count). The van der Waals surface area contributed by atoms with Gasteiger partial charge in [0, 0.05) is 19.4 Å². The molecule has 29 heteroatoms. The quantitative estimate of drug-likeness (QED) is 0.0306. The normalized spacial score (nSPS) is 22.7. The van der Waals surface area contributed by atoms with Crippen LogP contribution in [0.25, 0.3) is 0 Å². The molecule has 1 saturated heterocycles. The summed E-state index contributed by atoms with van der Waals surface area (Å²) in [5.41, 5.74) is 27.1. The third-order valence-electron chi connectivity index (χ3n) is 14.4. The molecular weight excluding hydrogens is 1130 g/mol. The average Bonchev–Trinajstić information content (AvgIpc) is 3.38. The molecule has 0 aliphatic carbocycles. The molecule has 0 unspecified atom stereocenters. The molecule has 23 N–H and O–H groups in total. The fourth-order valence-electron chi connectivity index (χ4n) is 9.48. The van der Waals surface area contributed by atoms with Gasteiger partial charge >= 0.3 is 0 Å². The first-order valence-electron chi connectivity index (χ1n) is 30.6. The summed E-state index contributed by atoms with van der Waals surface area (Å²) in [6.45, 7) is 6.93. The molecule has 0 aromatic heterocycles. The highest BCUT2D eigenvalue weighted by atomic mass is 16.3. The van der Waals surface area contributed by atoms with E-state index in [-0.39, 0.29) is 89.4 Å². The third kappa shape index (κ3) is 28.7. The summed E-state index contributed by atoms with van der Waals surface area (Å²) in [5, 5.41) is 50.0. The van der Waals surface area contributed by atoms with Gasteiger partial charge in [0.2, 0.25) is 64.8 Å². The minimum Gasteiger partial charge on any atom is -0.391 e. The zero-order valence-corrected chi connectivity index (χ0v) is 51.5. The number of aliphatic hydroxyl groups is 2. The van der Waals surface area contributed by atoms with Crippen molar-refractivity contribution in [2.45, 2.75) is 216 Å².